The number of hydrogen-bond acceptors (Lipinski definition) is 3. The standard InChI is InChI=1S/C19H25NO2S/c1-14-9-15(2)11-19(10-14)18-7-5-17(6-8-18)12-20-16(3)13-23(4,21)22/h5-11,16,20H,12-13H2,1-4H3. The van der Waals surface area contributed by atoms with Gasteiger partial charge in [0.05, 0.1) is 5.75 Å². The summed E-state index contributed by atoms with van der Waals surface area (Å²) in [4.78, 5) is 0. The predicted molar refractivity (Wildman–Crippen MR) is 97.4 cm³/mol. The number of hydrogen-bond donors (Lipinski definition) is 1. The van der Waals surface area contributed by atoms with Gasteiger partial charge in [-0.05, 0) is 37.5 Å². The van der Waals surface area contributed by atoms with Crippen molar-refractivity contribution in [2.75, 3.05) is 12.0 Å². The fourth-order valence-electron chi connectivity index (χ4n) is 2.76. The number of aryl methyl sites for hydroxylation is 2. The van der Waals surface area contributed by atoms with E-state index in [0.717, 1.165) is 5.56 Å². The third-order valence-corrected chi connectivity index (χ3v) is 4.82. The van der Waals surface area contributed by atoms with Crippen LogP contribution in [0.4, 0.5) is 0 Å². The van der Waals surface area contributed by atoms with Gasteiger partial charge in [-0.3, -0.25) is 0 Å². The molecule has 0 heterocycles. The normalized spacial score (nSPS) is 13.0. The lowest BCUT2D eigenvalue weighted by atomic mass is 10.00. The molecule has 0 saturated carbocycles. The van der Waals surface area contributed by atoms with Crippen LogP contribution in [0.1, 0.15) is 23.6 Å². The lowest BCUT2D eigenvalue weighted by Crippen LogP contribution is -2.32. The number of benzene rings is 2. The van der Waals surface area contributed by atoms with E-state index < -0.39 is 9.84 Å². The molecule has 0 radical (unpaired) electrons. The lowest BCUT2D eigenvalue weighted by Gasteiger charge is -2.13. The summed E-state index contributed by atoms with van der Waals surface area (Å²) in [7, 11) is -2.94. The topological polar surface area (TPSA) is 46.2 Å². The Kier molecular flexibility index (Phi) is 5.60. The van der Waals surface area contributed by atoms with Crippen molar-refractivity contribution >= 4 is 9.84 Å². The van der Waals surface area contributed by atoms with E-state index in [2.05, 4.69) is 61.6 Å². The minimum atomic E-state index is -2.94. The van der Waals surface area contributed by atoms with Crippen molar-refractivity contribution < 1.29 is 8.42 Å². The van der Waals surface area contributed by atoms with Gasteiger partial charge >= 0.3 is 0 Å². The van der Waals surface area contributed by atoms with Gasteiger partial charge in [0.1, 0.15) is 9.84 Å². The van der Waals surface area contributed by atoms with Crippen LogP contribution in [0.5, 0.6) is 0 Å². The van der Waals surface area contributed by atoms with E-state index in [1.54, 1.807) is 0 Å². The molecule has 23 heavy (non-hydrogen) atoms. The van der Waals surface area contributed by atoms with Crippen LogP contribution in [0.25, 0.3) is 11.1 Å². The first kappa shape index (κ1) is 17.7. The molecule has 4 heteroatoms. The lowest BCUT2D eigenvalue weighted by molar-refractivity contribution is 0.560. The summed E-state index contributed by atoms with van der Waals surface area (Å²) >= 11 is 0. The Labute approximate surface area is 139 Å². The molecule has 1 unspecified atom stereocenters. The highest BCUT2D eigenvalue weighted by Gasteiger charge is 2.09. The Hall–Kier alpha value is -1.65. The third-order valence-electron chi connectivity index (χ3n) is 3.72. The van der Waals surface area contributed by atoms with Crippen molar-refractivity contribution in [1.82, 2.24) is 5.32 Å². The van der Waals surface area contributed by atoms with Gasteiger partial charge in [-0.15, -0.1) is 0 Å². The van der Waals surface area contributed by atoms with Crippen LogP contribution in [0.2, 0.25) is 0 Å². The van der Waals surface area contributed by atoms with E-state index in [0.29, 0.717) is 6.54 Å². The summed E-state index contributed by atoms with van der Waals surface area (Å²) in [5.74, 6) is 0.160. The average molecular weight is 331 g/mol. The molecule has 0 amide bonds. The fourth-order valence-corrected chi connectivity index (χ4v) is 3.79. The predicted octanol–water partition coefficient (Wildman–Crippen LogP) is 3.49. The highest BCUT2D eigenvalue weighted by atomic mass is 32.2. The second-order valence-corrected chi connectivity index (χ2v) is 8.63. The van der Waals surface area contributed by atoms with E-state index >= 15 is 0 Å². The second kappa shape index (κ2) is 7.28. The Morgan fingerprint density at radius 2 is 1.52 bits per heavy atom. The highest BCUT2D eigenvalue weighted by molar-refractivity contribution is 7.90. The summed E-state index contributed by atoms with van der Waals surface area (Å²) < 4.78 is 22.5. The van der Waals surface area contributed by atoms with E-state index in [4.69, 9.17) is 0 Å². The molecule has 1 atom stereocenters. The Bertz CT molecular complexity index is 744. The molecule has 0 fully saturated rings. The fraction of sp³-hybridized carbons (Fsp3) is 0.368. The third kappa shape index (κ3) is 5.81. The van der Waals surface area contributed by atoms with E-state index in [-0.39, 0.29) is 11.8 Å². The van der Waals surface area contributed by atoms with Crippen molar-refractivity contribution in [3.63, 3.8) is 0 Å². The first-order chi connectivity index (χ1) is 10.7. The number of sulfone groups is 1. The molecule has 2 aromatic rings. The second-order valence-electron chi connectivity index (χ2n) is 6.45. The zero-order valence-electron chi connectivity index (χ0n) is 14.3. The average Bonchev–Trinajstić information content (AvgIpc) is 2.43. The van der Waals surface area contributed by atoms with Crippen molar-refractivity contribution in [2.45, 2.75) is 33.4 Å². The van der Waals surface area contributed by atoms with Gasteiger partial charge in [-0.1, -0.05) is 53.6 Å². The van der Waals surface area contributed by atoms with Crippen LogP contribution in [0.15, 0.2) is 42.5 Å². The van der Waals surface area contributed by atoms with Crippen LogP contribution in [0.3, 0.4) is 0 Å². The molecular weight excluding hydrogens is 306 g/mol. The molecule has 0 aliphatic heterocycles. The van der Waals surface area contributed by atoms with Gasteiger partial charge in [-0.2, -0.15) is 0 Å². The molecule has 3 nitrogen and oxygen atoms in total. The maximum absolute atomic E-state index is 11.3. The minimum Gasteiger partial charge on any atom is -0.309 e. The molecule has 0 bridgehead atoms. The van der Waals surface area contributed by atoms with Crippen LogP contribution in [-0.2, 0) is 16.4 Å². The van der Waals surface area contributed by atoms with E-state index in [9.17, 15) is 8.42 Å². The van der Waals surface area contributed by atoms with Gasteiger partial charge in [0.25, 0.3) is 0 Å². The molecular formula is C19H25NO2S. The summed E-state index contributed by atoms with van der Waals surface area (Å²) in [6.45, 7) is 6.78. The molecule has 0 aromatic heterocycles. The Morgan fingerprint density at radius 3 is 2.04 bits per heavy atom. The van der Waals surface area contributed by atoms with Gasteiger partial charge in [-0.25, -0.2) is 8.42 Å². The molecule has 1 N–H and O–H groups in total. The molecule has 124 valence electrons. The smallest absolute Gasteiger partial charge is 0.148 e. The molecule has 0 spiro atoms. The molecule has 2 aromatic carbocycles. The molecule has 2 rings (SSSR count). The van der Waals surface area contributed by atoms with Crippen LogP contribution in [-0.4, -0.2) is 26.5 Å². The molecule has 0 saturated heterocycles. The van der Waals surface area contributed by atoms with Gasteiger partial charge in [0.2, 0.25) is 0 Å². The van der Waals surface area contributed by atoms with Crippen molar-refractivity contribution in [3.05, 3.63) is 59.2 Å². The zero-order chi connectivity index (χ0) is 17.0. The first-order valence-corrected chi connectivity index (χ1v) is 9.88. The van der Waals surface area contributed by atoms with E-state index in [1.807, 2.05) is 6.92 Å². The molecule has 0 aliphatic rings. The summed E-state index contributed by atoms with van der Waals surface area (Å²) in [5.41, 5.74) is 6.11. The van der Waals surface area contributed by atoms with Gasteiger partial charge in [0.15, 0.2) is 0 Å². The van der Waals surface area contributed by atoms with Crippen LogP contribution in [0, 0.1) is 13.8 Å². The first-order valence-electron chi connectivity index (χ1n) is 7.82. The maximum atomic E-state index is 11.3. The largest absolute Gasteiger partial charge is 0.309 e. The van der Waals surface area contributed by atoms with Gasteiger partial charge in [0, 0.05) is 18.8 Å². The highest BCUT2D eigenvalue weighted by Crippen LogP contribution is 2.22. The SMILES string of the molecule is Cc1cc(C)cc(-c2ccc(CNC(C)CS(C)(=O)=O)cc2)c1. The Balaban J connectivity index is 2.02. The van der Waals surface area contributed by atoms with Crippen molar-refractivity contribution in [2.24, 2.45) is 0 Å². The van der Waals surface area contributed by atoms with E-state index in [1.165, 1.54) is 28.5 Å². The minimum absolute atomic E-state index is 0.0518. The number of nitrogens with one attached hydrogen (secondary N) is 1. The van der Waals surface area contributed by atoms with Crippen molar-refractivity contribution in [1.29, 1.82) is 0 Å². The summed E-state index contributed by atoms with van der Waals surface area (Å²) in [5, 5.41) is 3.25. The van der Waals surface area contributed by atoms with Gasteiger partial charge < -0.3 is 5.32 Å². The van der Waals surface area contributed by atoms with Crippen LogP contribution < -0.4 is 5.32 Å². The number of rotatable bonds is 6. The Morgan fingerprint density at radius 1 is 0.957 bits per heavy atom. The maximum Gasteiger partial charge on any atom is 0.148 e. The monoisotopic (exact) mass is 331 g/mol. The zero-order valence-corrected chi connectivity index (χ0v) is 15.1. The molecule has 0 aliphatic carbocycles. The quantitative estimate of drug-likeness (QED) is 0.881. The van der Waals surface area contributed by atoms with Crippen LogP contribution >= 0.6 is 0 Å². The summed E-state index contributed by atoms with van der Waals surface area (Å²) in [6.07, 6.45) is 1.27. The summed E-state index contributed by atoms with van der Waals surface area (Å²) in [6, 6.07) is 14.9. The van der Waals surface area contributed by atoms with Crippen molar-refractivity contribution in [3.8, 4) is 11.1 Å².